The molecule has 1 aromatic rings. The summed E-state index contributed by atoms with van der Waals surface area (Å²) < 4.78 is 5.04. The second kappa shape index (κ2) is 7.07. The molecular weight excluding hydrogens is 214 g/mol. The van der Waals surface area contributed by atoms with Gasteiger partial charge in [0.1, 0.15) is 0 Å². The number of ether oxygens (including phenoxy) is 1. The van der Waals surface area contributed by atoms with E-state index < -0.39 is 0 Å². The van der Waals surface area contributed by atoms with Gasteiger partial charge in [-0.1, -0.05) is 31.2 Å². The molecule has 94 valence electrons. The minimum Gasteiger partial charge on any atom is -0.462 e. The van der Waals surface area contributed by atoms with Crippen LogP contribution in [0.15, 0.2) is 24.3 Å². The lowest BCUT2D eigenvalue weighted by atomic mass is 10.1. The lowest BCUT2D eigenvalue weighted by Crippen LogP contribution is -2.26. The van der Waals surface area contributed by atoms with Crippen molar-refractivity contribution in [3.8, 4) is 0 Å². The molecule has 0 bridgehead atoms. The van der Waals surface area contributed by atoms with Crippen LogP contribution in [-0.4, -0.2) is 18.6 Å². The van der Waals surface area contributed by atoms with Gasteiger partial charge in [0.25, 0.3) is 0 Å². The van der Waals surface area contributed by atoms with Gasteiger partial charge in [0.2, 0.25) is 0 Å². The van der Waals surface area contributed by atoms with E-state index in [0.717, 1.165) is 6.42 Å². The Labute approximate surface area is 103 Å². The fourth-order valence-electron chi connectivity index (χ4n) is 1.68. The summed E-state index contributed by atoms with van der Waals surface area (Å²) in [5.74, 6) is -0.200. The molecule has 0 radical (unpaired) electrons. The van der Waals surface area contributed by atoms with E-state index in [1.54, 1.807) is 0 Å². The molecule has 0 amide bonds. The van der Waals surface area contributed by atoms with E-state index in [0.29, 0.717) is 6.54 Å². The van der Waals surface area contributed by atoms with Crippen LogP contribution in [0.3, 0.4) is 0 Å². The molecule has 0 unspecified atom stereocenters. The number of aryl methyl sites for hydroxylation is 1. The lowest BCUT2D eigenvalue weighted by molar-refractivity contribution is -0.146. The summed E-state index contributed by atoms with van der Waals surface area (Å²) in [6, 6.07) is 8.25. The van der Waals surface area contributed by atoms with Gasteiger partial charge in [0.05, 0.1) is 12.6 Å². The molecule has 0 heterocycles. The molecule has 0 atom stereocenters. The number of nitrogens with one attached hydrogen (secondary N) is 1. The molecule has 3 nitrogen and oxygen atoms in total. The van der Waals surface area contributed by atoms with Crippen molar-refractivity contribution in [1.29, 1.82) is 0 Å². The average molecular weight is 235 g/mol. The summed E-state index contributed by atoms with van der Waals surface area (Å²) in [5, 5.41) is 3.11. The first-order chi connectivity index (χ1) is 8.13. The van der Waals surface area contributed by atoms with E-state index in [2.05, 4.69) is 24.4 Å². The van der Waals surface area contributed by atoms with Crippen LogP contribution in [0.2, 0.25) is 0 Å². The molecule has 0 aliphatic rings. The van der Waals surface area contributed by atoms with Crippen LogP contribution >= 0.6 is 0 Å². The molecular formula is C14H21NO2. The van der Waals surface area contributed by atoms with E-state index in [4.69, 9.17) is 4.74 Å². The summed E-state index contributed by atoms with van der Waals surface area (Å²) in [6.07, 6.45) is 0.959. The molecule has 0 aliphatic carbocycles. The van der Waals surface area contributed by atoms with Gasteiger partial charge < -0.3 is 10.1 Å². The number of esters is 1. The van der Waals surface area contributed by atoms with Crippen molar-refractivity contribution in [2.24, 2.45) is 0 Å². The molecule has 0 aromatic heterocycles. The van der Waals surface area contributed by atoms with Crippen molar-refractivity contribution in [3.63, 3.8) is 0 Å². The zero-order valence-electron chi connectivity index (χ0n) is 10.8. The number of carbonyl (C=O) groups is 1. The van der Waals surface area contributed by atoms with Crippen molar-refractivity contribution in [2.45, 2.75) is 39.8 Å². The molecule has 0 saturated heterocycles. The van der Waals surface area contributed by atoms with Crippen LogP contribution in [0.1, 0.15) is 31.9 Å². The maximum absolute atomic E-state index is 11.3. The van der Waals surface area contributed by atoms with Gasteiger partial charge >= 0.3 is 5.97 Å². The zero-order chi connectivity index (χ0) is 12.7. The van der Waals surface area contributed by atoms with Crippen LogP contribution in [0.5, 0.6) is 0 Å². The lowest BCUT2D eigenvalue weighted by Gasteiger charge is -2.10. The molecule has 3 heteroatoms. The van der Waals surface area contributed by atoms with E-state index in [-0.39, 0.29) is 18.6 Å². The molecule has 0 saturated carbocycles. The van der Waals surface area contributed by atoms with Crippen LogP contribution in [0, 0.1) is 0 Å². The third kappa shape index (κ3) is 5.00. The van der Waals surface area contributed by atoms with Crippen LogP contribution in [0.4, 0.5) is 0 Å². The molecule has 1 aromatic carbocycles. The van der Waals surface area contributed by atoms with Crippen molar-refractivity contribution in [1.82, 2.24) is 5.32 Å². The Morgan fingerprint density at radius 2 is 1.94 bits per heavy atom. The summed E-state index contributed by atoms with van der Waals surface area (Å²) in [6.45, 7) is 6.80. The maximum atomic E-state index is 11.3. The summed E-state index contributed by atoms with van der Waals surface area (Å²) in [5.41, 5.74) is 2.56. The molecule has 0 aliphatic heterocycles. The Morgan fingerprint density at radius 1 is 1.29 bits per heavy atom. The largest absolute Gasteiger partial charge is 0.462 e. The Balaban J connectivity index is 2.38. The van der Waals surface area contributed by atoms with Crippen molar-refractivity contribution >= 4 is 5.97 Å². The number of benzene rings is 1. The summed E-state index contributed by atoms with van der Waals surface area (Å²) >= 11 is 0. The predicted octanol–water partition coefficient (Wildman–Crippen LogP) is 2.29. The Kier molecular flexibility index (Phi) is 5.70. The minimum absolute atomic E-state index is 0.0489. The van der Waals surface area contributed by atoms with Crippen molar-refractivity contribution in [2.75, 3.05) is 6.54 Å². The molecule has 1 N–H and O–H groups in total. The van der Waals surface area contributed by atoms with Gasteiger partial charge in [-0.05, 0) is 31.4 Å². The summed E-state index contributed by atoms with van der Waals surface area (Å²) in [7, 11) is 0. The highest BCUT2D eigenvalue weighted by Gasteiger charge is 2.05. The fourth-order valence-corrected chi connectivity index (χ4v) is 1.68. The first-order valence-corrected chi connectivity index (χ1v) is 6.10. The van der Waals surface area contributed by atoms with Crippen LogP contribution in [0.25, 0.3) is 0 Å². The first kappa shape index (κ1) is 13.7. The van der Waals surface area contributed by atoms with E-state index >= 15 is 0 Å². The van der Waals surface area contributed by atoms with Gasteiger partial charge in [0, 0.05) is 6.54 Å². The SMILES string of the molecule is CCc1ccccc1CNCC(=O)OC(C)C. The highest BCUT2D eigenvalue weighted by molar-refractivity contribution is 5.71. The van der Waals surface area contributed by atoms with Crippen molar-refractivity contribution in [3.05, 3.63) is 35.4 Å². The third-order valence-electron chi connectivity index (χ3n) is 2.45. The Hall–Kier alpha value is -1.35. The predicted molar refractivity (Wildman–Crippen MR) is 68.8 cm³/mol. The third-order valence-corrected chi connectivity index (χ3v) is 2.45. The van der Waals surface area contributed by atoms with Crippen molar-refractivity contribution < 1.29 is 9.53 Å². The van der Waals surface area contributed by atoms with E-state index in [1.807, 2.05) is 26.0 Å². The molecule has 17 heavy (non-hydrogen) atoms. The minimum atomic E-state index is -0.200. The van der Waals surface area contributed by atoms with Crippen LogP contribution < -0.4 is 5.32 Å². The second-order valence-electron chi connectivity index (χ2n) is 4.26. The van der Waals surface area contributed by atoms with Gasteiger partial charge in [-0.2, -0.15) is 0 Å². The topological polar surface area (TPSA) is 38.3 Å². The number of hydrogen-bond acceptors (Lipinski definition) is 3. The number of rotatable bonds is 6. The van der Waals surface area contributed by atoms with E-state index in [9.17, 15) is 4.79 Å². The zero-order valence-corrected chi connectivity index (χ0v) is 10.8. The highest BCUT2D eigenvalue weighted by atomic mass is 16.5. The van der Waals surface area contributed by atoms with Gasteiger partial charge in [-0.3, -0.25) is 4.79 Å². The van der Waals surface area contributed by atoms with Gasteiger partial charge in [0.15, 0.2) is 0 Å². The highest BCUT2D eigenvalue weighted by Crippen LogP contribution is 2.08. The Bertz CT molecular complexity index is 361. The molecule has 1 rings (SSSR count). The number of carbonyl (C=O) groups excluding carboxylic acids is 1. The quantitative estimate of drug-likeness (QED) is 0.769. The second-order valence-corrected chi connectivity index (χ2v) is 4.26. The average Bonchev–Trinajstić information content (AvgIpc) is 2.28. The smallest absolute Gasteiger partial charge is 0.320 e. The summed E-state index contributed by atoms with van der Waals surface area (Å²) in [4.78, 5) is 11.3. The molecule has 0 spiro atoms. The maximum Gasteiger partial charge on any atom is 0.320 e. The standard InChI is InChI=1S/C14H21NO2/c1-4-12-7-5-6-8-13(12)9-15-10-14(16)17-11(2)3/h5-8,11,15H,4,9-10H2,1-3H3. The number of hydrogen-bond donors (Lipinski definition) is 1. The fraction of sp³-hybridized carbons (Fsp3) is 0.500. The van der Waals surface area contributed by atoms with Gasteiger partial charge in [-0.15, -0.1) is 0 Å². The first-order valence-electron chi connectivity index (χ1n) is 6.10. The Morgan fingerprint density at radius 3 is 2.53 bits per heavy atom. The molecule has 0 fully saturated rings. The monoisotopic (exact) mass is 235 g/mol. The van der Waals surface area contributed by atoms with Gasteiger partial charge in [-0.25, -0.2) is 0 Å². The van der Waals surface area contributed by atoms with Crippen LogP contribution in [-0.2, 0) is 22.5 Å². The normalized spacial score (nSPS) is 10.6. The van der Waals surface area contributed by atoms with E-state index in [1.165, 1.54) is 11.1 Å².